The van der Waals surface area contributed by atoms with E-state index in [4.69, 9.17) is 14.2 Å². The lowest BCUT2D eigenvalue weighted by atomic mass is 10.0. The summed E-state index contributed by atoms with van der Waals surface area (Å²) in [6.07, 6.45) is 0.264. The Morgan fingerprint density at radius 1 is 1.12 bits per heavy atom. The Labute approximate surface area is 154 Å². The summed E-state index contributed by atoms with van der Waals surface area (Å²) in [7, 11) is 3.19. The van der Waals surface area contributed by atoms with Gasteiger partial charge in [-0.15, -0.1) is 0 Å². The molecule has 1 saturated heterocycles. The van der Waals surface area contributed by atoms with E-state index < -0.39 is 0 Å². The number of hydrogen-bond donors (Lipinski definition) is 0. The highest BCUT2D eigenvalue weighted by molar-refractivity contribution is 5.79. The first-order valence-electron chi connectivity index (χ1n) is 8.77. The van der Waals surface area contributed by atoms with Crippen LogP contribution in [0.5, 0.6) is 11.5 Å². The van der Waals surface area contributed by atoms with E-state index in [-0.39, 0.29) is 12.0 Å². The number of carbonyl (C=O) groups is 1. The molecular weight excluding hydrogens is 330 g/mol. The first kappa shape index (κ1) is 18.3. The highest BCUT2D eigenvalue weighted by atomic mass is 16.5. The lowest BCUT2D eigenvalue weighted by Gasteiger charge is -2.33. The van der Waals surface area contributed by atoms with Crippen molar-refractivity contribution in [3.63, 3.8) is 0 Å². The molecule has 5 heteroatoms. The van der Waals surface area contributed by atoms with Gasteiger partial charge in [0.15, 0.2) is 11.5 Å². The molecule has 1 atom stereocenters. The van der Waals surface area contributed by atoms with Crippen LogP contribution in [0.2, 0.25) is 0 Å². The summed E-state index contributed by atoms with van der Waals surface area (Å²) in [4.78, 5) is 14.6. The van der Waals surface area contributed by atoms with E-state index in [1.165, 1.54) is 5.56 Å². The molecule has 138 valence electrons. The number of rotatable bonds is 5. The molecule has 1 heterocycles. The molecule has 1 unspecified atom stereocenters. The van der Waals surface area contributed by atoms with Crippen LogP contribution in [0, 0.1) is 6.92 Å². The highest BCUT2D eigenvalue weighted by Crippen LogP contribution is 2.28. The van der Waals surface area contributed by atoms with Crippen LogP contribution in [0.15, 0.2) is 42.5 Å². The first-order valence-corrected chi connectivity index (χ1v) is 8.77. The van der Waals surface area contributed by atoms with Crippen molar-refractivity contribution in [2.75, 3.05) is 33.9 Å². The molecule has 3 rings (SSSR count). The van der Waals surface area contributed by atoms with Gasteiger partial charge in [0.25, 0.3) is 0 Å². The molecule has 0 radical (unpaired) electrons. The van der Waals surface area contributed by atoms with Crippen molar-refractivity contribution in [1.29, 1.82) is 0 Å². The van der Waals surface area contributed by atoms with E-state index in [1.54, 1.807) is 14.2 Å². The molecule has 0 aliphatic carbocycles. The van der Waals surface area contributed by atoms with Crippen LogP contribution in [0.3, 0.4) is 0 Å². The molecule has 1 fully saturated rings. The van der Waals surface area contributed by atoms with Crippen LogP contribution in [0.25, 0.3) is 0 Å². The minimum Gasteiger partial charge on any atom is -0.493 e. The fourth-order valence-electron chi connectivity index (χ4n) is 3.14. The van der Waals surface area contributed by atoms with Crippen molar-refractivity contribution < 1.29 is 19.0 Å². The second-order valence-electron chi connectivity index (χ2n) is 6.48. The molecule has 2 aromatic carbocycles. The Balaban J connectivity index is 1.66. The minimum absolute atomic E-state index is 0.0706. The number of hydrogen-bond acceptors (Lipinski definition) is 4. The highest BCUT2D eigenvalue weighted by Gasteiger charge is 2.25. The Morgan fingerprint density at radius 3 is 2.54 bits per heavy atom. The molecule has 2 aromatic rings. The van der Waals surface area contributed by atoms with Gasteiger partial charge in [-0.25, -0.2) is 0 Å². The Bertz CT molecular complexity index is 757. The van der Waals surface area contributed by atoms with Crippen LogP contribution in [-0.2, 0) is 16.0 Å². The largest absolute Gasteiger partial charge is 0.493 e. The minimum atomic E-state index is -0.0706. The molecule has 1 aliphatic heterocycles. The summed E-state index contributed by atoms with van der Waals surface area (Å²) in [6, 6.07) is 13.9. The molecule has 26 heavy (non-hydrogen) atoms. The van der Waals surface area contributed by atoms with Gasteiger partial charge in [-0.05, 0) is 30.2 Å². The van der Waals surface area contributed by atoms with Crippen molar-refractivity contribution in [3.8, 4) is 11.5 Å². The van der Waals surface area contributed by atoms with E-state index in [1.807, 2.05) is 23.1 Å². The van der Waals surface area contributed by atoms with E-state index in [0.717, 1.165) is 11.1 Å². The van der Waals surface area contributed by atoms with Gasteiger partial charge in [-0.2, -0.15) is 0 Å². The molecule has 0 saturated carbocycles. The number of carbonyl (C=O) groups excluding carboxylic acids is 1. The SMILES string of the molecule is COc1ccc(CC(=O)N2CCOC(c3ccc(C)cc3)C2)cc1OC. The predicted molar refractivity (Wildman–Crippen MR) is 99.7 cm³/mol. The summed E-state index contributed by atoms with van der Waals surface area (Å²) in [6.45, 7) is 3.81. The Morgan fingerprint density at radius 2 is 1.85 bits per heavy atom. The van der Waals surface area contributed by atoms with E-state index in [0.29, 0.717) is 37.6 Å². The number of amides is 1. The molecule has 1 aliphatic rings. The van der Waals surface area contributed by atoms with Crippen molar-refractivity contribution in [1.82, 2.24) is 4.90 Å². The average Bonchev–Trinajstić information content (AvgIpc) is 2.68. The molecule has 5 nitrogen and oxygen atoms in total. The van der Waals surface area contributed by atoms with Crippen LogP contribution in [-0.4, -0.2) is 44.7 Å². The van der Waals surface area contributed by atoms with Gasteiger partial charge < -0.3 is 19.1 Å². The number of methoxy groups -OCH3 is 2. The van der Waals surface area contributed by atoms with Crippen LogP contribution in [0.4, 0.5) is 0 Å². The van der Waals surface area contributed by atoms with E-state index in [9.17, 15) is 4.79 Å². The molecule has 0 bridgehead atoms. The average molecular weight is 355 g/mol. The smallest absolute Gasteiger partial charge is 0.227 e. The van der Waals surface area contributed by atoms with Gasteiger partial charge in [0.2, 0.25) is 5.91 Å². The van der Waals surface area contributed by atoms with Crippen molar-refractivity contribution in [2.45, 2.75) is 19.4 Å². The maximum Gasteiger partial charge on any atom is 0.227 e. The number of benzene rings is 2. The number of ether oxygens (including phenoxy) is 3. The third-order valence-electron chi connectivity index (χ3n) is 4.67. The number of morpholine rings is 1. The van der Waals surface area contributed by atoms with Crippen LogP contribution in [0.1, 0.15) is 22.8 Å². The van der Waals surface area contributed by atoms with Crippen LogP contribution < -0.4 is 9.47 Å². The van der Waals surface area contributed by atoms with Gasteiger partial charge in [0.05, 0.1) is 33.8 Å². The maximum atomic E-state index is 12.8. The summed E-state index contributed by atoms with van der Waals surface area (Å²) in [5.74, 6) is 1.39. The molecule has 0 aromatic heterocycles. The first-order chi connectivity index (χ1) is 12.6. The third kappa shape index (κ3) is 4.17. The van der Waals surface area contributed by atoms with Crippen LogP contribution >= 0.6 is 0 Å². The topological polar surface area (TPSA) is 48.0 Å². The molecule has 0 spiro atoms. The van der Waals surface area contributed by atoms with Crippen molar-refractivity contribution >= 4 is 5.91 Å². The normalized spacial score (nSPS) is 17.0. The fraction of sp³-hybridized carbons (Fsp3) is 0.381. The lowest BCUT2D eigenvalue weighted by Crippen LogP contribution is -2.43. The quantitative estimate of drug-likeness (QED) is 0.827. The summed E-state index contributed by atoms with van der Waals surface area (Å²) in [5, 5.41) is 0. The van der Waals surface area contributed by atoms with E-state index >= 15 is 0 Å². The van der Waals surface area contributed by atoms with E-state index in [2.05, 4.69) is 31.2 Å². The van der Waals surface area contributed by atoms with Gasteiger partial charge in [0.1, 0.15) is 6.10 Å². The van der Waals surface area contributed by atoms with Gasteiger partial charge >= 0.3 is 0 Å². The summed E-state index contributed by atoms with van der Waals surface area (Å²) < 4.78 is 16.4. The standard InChI is InChI=1S/C21H25NO4/c1-15-4-7-17(8-5-15)20-14-22(10-11-26-20)21(23)13-16-6-9-18(24-2)19(12-16)25-3/h4-9,12,20H,10-11,13-14H2,1-3H3. The molecule has 1 amide bonds. The number of aryl methyl sites for hydroxylation is 1. The molecule has 0 N–H and O–H groups in total. The zero-order chi connectivity index (χ0) is 18.5. The van der Waals surface area contributed by atoms with Gasteiger partial charge in [0, 0.05) is 6.54 Å². The summed E-state index contributed by atoms with van der Waals surface area (Å²) >= 11 is 0. The monoisotopic (exact) mass is 355 g/mol. The second-order valence-corrected chi connectivity index (χ2v) is 6.48. The second kappa shape index (κ2) is 8.23. The van der Waals surface area contributed by atoms with Crippen molar-refractivity contribution in [3.05, 3.63) is 59.2 Å². The maximum absolute atomic E-state index is 12.8. The molecular formula is C21H25NO4. The number of nitrogens with zero attached hydrogens (tertiary/aromatic N) is 1. The lowest BCUT2D eigenvalue weighted by molar-refractivity contribution is -0.138. The van der Waals surface area contributed by atoms with Crippen molar-refractivity contribution in [2.24, 2.45) is 0 Å². The Hall–Kier alpha value is -2.53. The third-order valence-corrected chi connectivity index (χ3v) is 4.67. The zero-order valence-corrected chi connectivity index (χ0v) is 15.5. The Kier molecular flexibility index (Phi) is 5.78. The zero-order valence-electron chi connectivity index (χ0n) is 15.5. The van der Waals surface area contributed by atoms with Gasteiger partial charge in [-0.3, -0.25) is 4.79 Å². The fourth-order valence-corrected chi connectivity index (χ4v) is 3.14. The predicted octanol–water partition coefficient (Wildman–Crippen LogP) is 3.15. The van der Waals surface area contributed by atoms with Gasteiger partial charge in [-0.1, -0.05) is 35.9 Å². The summed E-state index contributed by atoms with van der Waals surface area (Å²) in [5.41, 5.74) is 3.23.